The second-order valence-corrected chi connectivity index (χ2v) is 5.45. The molecule has 2 aromatic rings. The third-order valence-corrected chi connectivity index (χ3v) is 3.21. The van der Waals surface area contributed by atoms with E-state index < -0.39 is 0 Å². The zero-order valence-corrected chi connectivity index (χ0v) is 12.3. The monoisotopic (exact) mass is 374 g/mol. The number of aliphatic hydroxyl groups is 1. The van der Waals surface area contributed by atoms with E-state index in [-0.39, 0.29) is 12.4 Å². The summed E-state index contributed by atoms with van der Waals surface area (Å²) in [7, 11) is 0. The Bertz CT molecular complexity index is 553. The van der Waals surface area contributed by atoms with Gasteiger partial charge in [0.2, 0.25) is 0 Å². The number of hydrogen-bond donors (Lipinski definition) is 1. The number of hydrogen-bond acceptors (Lipinski definition) is 2. The van der Waals surface area contributed by atoms with Crippen LogP contribution in [-0.2, 0) is 6.61 Å². The fourth-order valence-corrected chi connectivity index (χ4v) is 2.25. The Hall–Kier alpha value is -0.910. The summed E-state index contributed by atoms with van der Waals surface area (Å²) in [6, 6.07) is 9.57. The average Bonchev–Trinajstić information content (AvgIpc) is 2.27. The van der Waals surface area contributed by atoms with E-state index in [0.717, 1.165) is 4.47 Å². The molecule has 0 aliphatic carbocycles. The fourth-order valence-electron chi connectivity index (χ4n) is 1.47. The van der Waals surface area contributed by atoms with Crippen molar-refractivity contribution >= 4 is 31.9 Å². The van der Waals surface area contributed by atoms with Gasteiger partial charge in [0, 0.05) is 20.6 Å². The molecule has 2 aromatic carbocycles. The Labute approximate surface area is 121 Å². The van der Waals surface area contributed by atoms with Crippen molar-refractivity contribution in [3.05, 3.63) is 56.7 Å². The van der Waals surface area contributed by atoms with Gasteiger partial charge in [0.15, 0.2) is 0 Å². The van der Waals surface area contributed by atoms with Crippen LogP contribution in [0.15, 0.2) is 45.3 Å². The minimum absolute atomic E-state index is 0.140. The van der Waals surface area contributed by atoms with E-state index in [1.54, 1.807) is 24.3 Å². The second-order valence-electron chi connectivity index (χ2n) is 3.62. The maximum atomic E-state index is 13.2. The minimum atomic E-state index is -0.389. The Kier molecular flexibility index (Phi) is 4.37. The third kappa shape index (κ3) is 3.31. The summed E-state index contributed by atoms with van der Waals surface area (Å²) in [6.07, 6.45) is 0. The predicted octanol–water partition coefficient (Wildman–Crippen LogP) is 4.64. The van der Waals surface area contributed by atoms with E-state index >= 15 is 0 Å². The molecule has 18 heavy (non-hydrogen) atoms. The quantitative estimate of drug-likeness (QED) is 0.847. The summed E-state index contributed by atoms with van der Waals surface area (Å²) in [4.78, 5) is 0. The summed E-state index contributed by atoms with van der Waals surface area (Å²) < 4.78 is 20.2. The van der Waals surface area contributed by atoms with Crippen molar-refractivity contribution in [2.45, 2.75) is 6.61 Å². The predicted molar refractivity (Wildman–Crippen MR) is 74.2 cm³/mol. The Morgan fingerprint density at radius 1 is 1.06 bits per heavy atom. The Balaban J connectivity index is 2.35. The molecule has 0 amide bonds. The maximum absolute atomic E-state index is 13.2. The van der Waals surface area contributed by atoms with Crippen molar-refractivity contribution < 1.29 is 14.2 Å². The molecule has 2 nitrogen and oxygen atoms in total. The van der Waals surface area contributed by atoms with E-state index in [1.165, 1.54) is 12.1 Å². The Morgan fingerprint density at radius 2 is 1.83 bits per heavy atom. The molecule has 0 radical (unpaired) electrons. The smallest absolute Gasteiger partial charge is 0.134 e. The van der Waals surface area contributed by atoms with E-state index in [2.05, 4.69) is 31.9 Å². The van der Waals surface area contributed by atoms with Gasteiger partial charge in [-0.3, -0.25) is 0 Å². The molecule has 0 fully saturated rings. The van der Waals surface area contributed by atoms with Crippen molar-refractivity contribution in [1.82, 2.24) is 0 Å². The van der Waals surface area contributed by atoms with Crippen LogP contribution in [0.2, 0.25) is 0 Å². The third-order valence-electron chi connectivity index (χ3n) is 2.26. The van der Waals surface area contributed by atoms with Gasteiger partial charge < -0.3 is 9.84 Å². The van der Waals surface area contributed by atoms with Crippen molar-refractivity contribution in [3.8, 4) is 11.5 Å². The number of benzene rings is 2. The zero-order valence-electron chi connectivity index (χ0n) is 9.16. The number of halogens is 3. The molecule has 0 aliphatic rings. The number of rotatable bonds is 3. The highest BCUT2D eigenvalue weighted by molar-refractivity contribution is 9.10. The fraction of sp³-hybridized carbons (Fsp3) is 0.0769. The van der Waals surface area contributed by atoms with Crippen LogP contribution in [0, 0.1) is 5.82 Å². The summed E-state index contributed by atoms with van der Waals surface area (Å²) in [5.74, 6) is 0.471. The molecule has 0 spiro atoms. The lowest BCUT2D eigenvalue weighted by Crippen LogP contribution is -1.92. The van der Waals surface area contributed by atoms with Crippen LogP contribution in [0.4, 0.5) is 4.39 Å². The molecule has 0 unspecified atom stereocenters. The van der Waals surface area contributed by atoms with Crippen molar-refractivity contribution in [2.24, 2.45) is 0 Å². The average molecular weight is 376 g/mol. The Morgan fingerprint density at radius 3 is 2.50 bits per heavy atom. The van der Waals surface area contributed by atoms with E-state index in [9.17, 15) is 9.50 Å². The van der Waals surface area contributed by atoms with Gasteiger partial charge in [0.1, 0.15) is 17.3 Å². The highest BCUT2D eigenvalue weighted by atomic mass is 79.9. The summed E-state index contributed by atoms with van der Waals surface area (Å²) in [5, 5.41) is 9.22. The molecule has 0 aromatic heterocycles. The van der Waals surface area contributed by atoms with Gasteiger partial charge in [-0.1, -0.05) is 37.9 Å². The van der Waals surface area contributed by atoms with Crippen molar-refractivity contribution in [2.75, 3.05) is 0 Å². The zero-order chi connectivity index (χ0) is 13.1. The van der Waals surface area contributed by atoms with Crippen LogP contribution in [0.3, 0.4) is 0 Å². The normalized spacial score (nSPS) is 10.4. The second kappa shape index (κ2) is 5.82. The van der Waals surface area contributed by atoms with Crippen LogP contribution in [0.25, 0.3) is 0 Å². The number of ether oxygens (including phenoxy) is 1. The van der Waals surface area contributed by atoms with Crippen LogP contribution >= 0.6 is 31.9 Å². The van der Waals surface area contributed by atoms with Gasteiger partial charge in [0.05, 0.1) is 6.61 Å². The first-order valence-electron chi connectivity index (χ1n) is 5.12. The van der Waals surface area contributed by atoms with Gasteiger partial charge in [-0.2, -0.15) is 0 Å². The minimum Gasteiger partial charge on any atom is -0.457 e. The lowest BCUT2D eigenvalue weighted by atomic mass is 10.2. The van der Waals surface area contributed by atoms with Gasteiger partial charge in [-0.25, -0.2) is 4.39 Å². The molecule has 1 N–H and O–H groups in total. The summed E-state index contributed by atoms with van der Waals surface area (Å²) >= 11 is 6.52. The van der Waals surface area contributed by atoms with Gasteiger partial charge in [-0.15, -0.1) is 0 Å². The number of aliphatic hydroxyl groups excluding tert-OH is 1. The highest BCUT2D eigenvalue weighted by Crippen LogP contribution is 2.30. The molecule has 5 heteroatoms. The molecule has 0 heterocycles. The highest BCUT2D eigenvalue weighted by Gasteiger charge is 2.07. The lowest BCUT2D eigenvalue weighted by molar-refractivity contribution is 0.276. The lowest BCUT2D eigenvalue weighted by Gasteiger charge is -2.10. The molecule has 0 aliphatic heterocycles. The molecule has 2 rings (SSSR count). The van der Waals surface area contributed by atoms with Crippen molar-refractivity contribution in [3.63, 3.8) is 0 Å². The molecular formula is C13H9Br2FO2. The summed E-state index contributed by atoms with van der Waals surface area (Å²) in [6.45, 7) is -0.140. The largest absolute Gasteiger partial charge is 0.457 e. The first kappa shape index (κ1) is 13.5. The molecule has 0 saturated carbocycles. The maximum Gasteiger partial charge on any atom is 0.134 e. The first-order valence-corrected chi connectivity index (χ1v) is 6.70. The standard InChI is InChI=1S/C13H9Br2FO2/c14-9-2-1-8(7-17)13(5-9)18-12-4-10(15)3-11(16)6-12/h1-6,17H,7H2. The van der Waals surface area contributed by atoms with Crippen LogP contribution < -0.4 is 4.74 Å². The van der Waals surface area contributed by atoms with Crippen LogP contribution in [0.5, 0.6) is 11.5 Å². The molecule has 0 atom stereocenters. The van der Waals surface area contributed by atoms with Gasteiger partial charge in [0.25, 0.3) is 0 Å². The molecule has 0 saturated heterocycles. The van der Waals surface area contributed by atoms with E-state index in [1.807, 2.05) is 0 Å². The molecule has 0 bridgehead atoms. The topological polar surface area (TPSA) is 29.5 Å². The molecule has 94 valence electrons. The van der Waals surface area contributed by atoms with Crippen LogP contribution in [0.1, 0.15) is 5.56 Å². The molecular weight excluding hydrogens is 367 g/mol. The van der Waals surface area contributed by atoms with Crippen molar-refractivity contribution in [1.29, 1.82) is 0 Å². The first-order chi connectivity index (χ1) is 8.58. The summed E-state index contributed by atoms with van der Waals surface area (Å²) in [5.41, 5.74) is 0.638. The SMILES string of the molecule is OCc1ccc(Br)cc1Oc1cc(F)cc(Br)c1. The van der Waals surface area contributed by atoms with E-state index in [4.69, 9.17) is 4.74 Å². The van der Waals surface area contributed by atoms with Crippen LogP contribution in [-0.4, -0.2) is 5.11 Å². The van der Waals surface area contributed by atoms with E-state index in [0.29, 0.717) is 21.5 Å². The van der Waals surface area contributed by atoms with Gasteiger partial charge >= 0.3 is 0 Å². The van der Waals surface area contributed by atoms with Gasteiger partial charge in [-0.05, 0) is 24.3 Å².